The summed E-state index contributed by atoms with van der Waals surface area (Å²) in [4.78, 5) is 4.25. The molecule has 0 saturated heterocycles. The Bertz CT molecular complexity index is 335. The Kier molecular flexibility index (Phi) is 3.33. The second kappa shape index (κ2) is 4.40. The van der Waals surface area contributed by atoms with Crippen LogP contribution < -0.4 is 5.32 Å². The van der Waals surface area contributed by atoms with Crippen LogP contribution in [0.4, 0.5) is 0 Å². The number of rotatable bonds is 3. The molecule has 4 heteroatoms. The fourth-order valence-electron chi connectivity index (χ4n) is 2.29. The third-order valence-corrected chi connectivity index (χ3v) is 4.40. The number of nitrogens with one attached hydrogen (secondary N) is 1. The molecule has 1 aromatic heterocycles. The Morgan fingerprint density at radius 3 is 3.00 bits per heavy atom. The molecule has 1 aromatic rings. The second-order valence-corrected chi connectivity index (χ2v) is 6.62. The fourth-order valence-corrected chi connectivity index (χ4v) is 3.19. The van der Waals surface area contributed by atoms with E-state index in [1.165, 1.54) is 19.3 Å². The van der Waals surface area contributed by atoms with E-state index in [1.54, 1.807) is 17.5 Å². The molecule has 1 heterocycles. The number of thiazole rings is 1. The molecule has 0 amide bonds. The van der Waals surface area contributed by atoms with Gasteiger partial charge in [0.2, 0.25) is 0 Å². The standard InChI is InChI=1S/C11H17ClN2S/c1-11(2)5-3-4-8(11)13-7-10-14-6-9(12)15-10/h6,8,13H,3-5,7H2,1-2H3. The Balaban J connectivity index is 1.88. The van der Waals surface area contributed by atoms with Crippen LogP contribution in [-0.2, 0) is 6.54 Å². The van der Waals surface area contributed by atoms with Gasteiger partial charge in [0, 0.05) is 12.6 Å². The van der Waals surface area contributed by atoms with Gasteiger partial charge in [0.15, 0.2) is 0 Å². The molecule has 1 saturated carbocycles. The molecule has 1 fully saturated rings. The number of halogens is 1. The van der Waals surface area contributed by atoms with Crippen LogP contribution in [0, 0.1) is 5.41 Å². The maximum atomic E-state index is 5.84. The maximum absolute atomic E-state index is 5.84. The monoisotopic (exact) mass is 244 g/mol. The van der Waals surface area contributed by atoms with E-state index in [1.807, 2.05) is 0 Å². The van der Waals surface area contributed by atoms with Gasteiger partial charge in [-0.2, -0.15) is 0 Å². The van der Waals surface area contributed by atoms with Crippen molar-refractivity contribution in [3.63, 3.8) is 0 Å². The van der Waals surface area contributed by atoms with Gasteiger partial charge in [0.05, 0.1) is 6.20 Å². The highest BCUT2D eigenvalue weighted by atomic mass is 35.5. The Hall–Kier alpha value is -0.120. The van der Waals surface area contributed by atoms with Crippen LogP contribution in [0.2, 0.25) is 4.34 Å². The number of hydrogen-bond donors (Lipinski definition) is 1. The van der Waals surface area contributed by atoms with E-state index in [0.29, 0.717) is 11.5 Å². The largest absolute Gasteiger partial charge is 0.307 e. The molecule has 0 aromatic carbocycles. The Labute approximate surface area is 100 Å². The lowest BCUT2D eigenvalue weighted by Gasteiger charge is -2.27. The van der Waals surface area contributed by atoms with Crippen molar-refractivity contribution >= 4 is 22.9 Å². The Morgan fingerprint density at radius 1 is 1.67 bits per heavy atom. The van der Waals surface area contributed by atoms with Gasteiger partial charge in [0.25, 0.3) is 0 Å². The average molecular weight is 245 g/mol. The summed E-state index contributed by atoms with van der Waals surface area (Å²) in [5, 5.41) is 4.68. The summed E-state index contributed by atoms with van der Waals surface area (Å²) in [5.41, 5.74) is 0.432. The Morgan fingerprint density at radius 2 is 2.47 bits per heavy atom. The molecule has 15 heavy (non-hydrogen) atoms. The molecule has 1 atom stereocenters. The molecule has 0 radical (unpaired) electrons. The molecule has 2 rings (SSSR count). The van der Waals surface area contributed by atoms with Crippen LogP contribution in [0.1, 0.15) is 38.1 Å². The first-order valence-electron chi connectivity index (χ1n) is 5.41. The summed E-state index contributed by atoms with van der Waals surface area (Å²) in [6.07, 6.45) is 5.67. The highest BCUT2D eigenvalue weighted by Crippen LogP contribution is 2.37. The summed E-state index contributed by atoms with van der Waals surface area (Å²) in [7, 11) is 0. The zero-order valence-electron chi connectivity index (χ0n) is 9.22. The lowest BCUT2D eigenvalue weighted by molar-refractivity contribution is 0.282. The third-order valence-electron chi connectivity index (χ3n) is 3.28. The SMILES string of the molecule is CC1(C)CCCC1NCc1ncc(Cl)s1. The first kappa shape index (κ1) is 11.4. The van der Waals surface area contributed by atoms with Crippen molar-refractivity contribution in [2.45, 2.75) is 45.7 Å². The van der Waals surface area contributed by atoms with Gasteiger partial charge in [-0.15, -0.1) is 11.3 Å². The molecule has 1 N–H and O–H groups in total. The van der Waals surface area contributed by atoms with Gasteiger partial charge < -0.3 is 5.32 Å². The van der Waals surface area contributed by atoms with E-state index in [4.69, 9.17) is 11.6 Å². The highest BCUT2D eigenvalue weighted by Gasteiger charge is 2.33. The van der Waals surface area contributed by atoms with Gasteiger partial charge in [-0.3, -0.25) is 0 Å². The van der Waals surface area contributed by atoms with Gasteiger partial charge in [-0.25, -0.2) is 4.98 Å². The second-order valence-electron chi connectivity index (χ2n) is 4.87. The van der Waals surface area contributed by atoms with E-state index in [2.05, 4.69) is 24.1 Å². The van der Waals surface area contributed by atoms with Crippen LogP contribution in [-0.4, -0.2) is 11.0 Å². The van der Waals surface area contributed by atoms with E-state index >= 15 is 0 Å². The quantitative estimate of drug-likeness (QED) is 0.881. The molecule has 0 aliphatic heterocycles. The van der Waals surface area contributed by atoms with Crippen molar-refractivity contribution < 1.29 is 0 Å². The molecular formula is C11H17ClN2S. The topological polar surface area (TPSA) is 24.9 Å². The summed E-state index contributed by atoms with van der Waals surface area (Å²) in [6.45, 7) is 5.53. The molecule has 0 spiro atoms. The zero-order valence-corrected chi connectivity index (χ0v) is 10.8. The minimum Gasteiger partial charge on any atom is -0.307 e. The third kappa shape index (κ3) is 2.71. The summed E-state index contributed by atoms with van der Waals surface area (Å²) in [6, 6.07) is 0.625. The molecular weight excluding hydrogens is 228 g/mol. The average Bonchev–Trinajstić information content (AvgIpc) is 2.69. The smallest absolute Gasteiger partial charge is 0.113 e. The van der Waals surface area contributed by atoms with Crippen molar-refractivity contribution in [2.75, 3.05) is 0 Å². The van der Waals surface area contributed by atoms with Crippen LogP contribution in [0.3, 0.4) is 0 Å². The number of nitrogens with zero attached hydrogens (tertiary/aromatic N) is 1. The van der Waals surface area contributed by atoms with E-state index in [-0.39, 0.29) is 0 Å². The molecule has 1 unspecified atom stereocenters. The molecule has 0 bridgehead atoms. The van der Waals surface area contributed by atoms with Crippen LogP contribution in [0.5, 0.6) is 0 Å². The minimum absolute atomic E-state index is 0.432. The van der Waals surface area contributed by atoms with Crippen molar-refractivity contribution in [3.8, 4) is 0 Å². The van der Waals surface area contributed by atoms with Gasteiger partial charge in [-0.05, 0) is 18.3 Å². The zero-order chi connectivity index (χ0) is 10.9. The first-order chi connectivity index (χ1) is 7.08. The molecule has 84 valence electrons. The molecule has 1 aliphatic rings. The van der Waals surface area contributed by atoms with Crippen molar-refractivity contribution in [2.24, 2.45) is 5.41 Å². The van der Waals surface area contributed by atoms with Crippen LogP contribution in [0.15, 0.2) is 6.20 Å². The van der Waals surface area contributed by atoms with E-state index < -0.39 is 0 Å². The normalized spacial score (nSPS) is 24.6. The lowest BCUT2D eigenvalue weighted by Crippen LogP contribution is -2.37. The lowest BCUT2D eigenvalue weighted by atomic mass is 9.87. The van der Waals surface area contributed by atoms with E-state index in [0.717, 1.165) is 15.9 Å². The maximum Gasteiger partial charge on any atom is 0.113 e. The number of aromatic nitrogens is 1. The van der Waals surface area contributed by atoms with Crippen LogP contribution in [0.25, 0.3) is 0 Å². The minimum atomic E-state index is 0.432. The number of hydrogen-bond acceptors (Lipinski definition) is 3. The van der Waals surface area contributed by atoms with Gasteiger partial charge >= 0.3 is 0 Å². The molecule has 2 nitrogen and oxygen atoms in total. The first-order valence-corrected chi connectivity index (χ1v) is 6.61. The van der Waals surface area contributed by atoms with E-state index in [9.17, 15) is 0 Å². The summed E-state index contributed by atoms with van der Waals surface area (Å²) < 4.78 is 0.775. The van der Waals surface area contributed by atoms with Crippen molar-refractivity contribution in [1.82, 2.24) is 10.3 Å². The summed E-state index contributed by atoms with van der Waals surface area (Å²) in [5.74, 6) is 0. The van der Waals surface area contributed by atoms with Crippen molar-refractivity contribution in [3.05, 3.63) is 15.5 Å². The van der Waals surface area contributed by atoms with Crippen molar-refractivity contribution in [1.29, 1.82) is 0 Å². The fraction of sp³-hybridized carbons (Fsp3) is 0.727. The van der Waals surface area contributed by atoms with Gasteiger partial charge in [-0.1, -0.05) is 31.9 Å². The summed E-state index contributed by atoms with van der Waals surface area (Å²) >= 11 is 7.40. The highest BCUT2D eigenvalue weighted by molar-refractivity contribution is 7.15. The van der Waals surface area contributed by atoms with Crippen LogP contribution >= 0.6 is 22.9 Å². The predicted molar refractivity (Wildman–Crippen MR) is 65.4 cm³/mol. The predicted octanol–water partition coefficient (Wildman–Crippen LogP) is 3.46. The molecule has 1 aliphatic carbocycles. The van der Waals surface area contributed by atoms with Gasteiger partial charge in [0.1, 0.15) is 9.34 Å².